The van der Waals surface area contributed by atoms with E-state index >= 15 is 4.39 Å². The Bertz CT molecular complexity index is 1590. The molecule has 7 heteroatoms. The second-order valence-electron chi connectivity index (χ2n) is 10.7. The average molecular weight is 539 g/mol. The summed E-state index contributed by atoms with van der Waals surface area (Å²) < 4.78 is 32.3. The first-order valence-corrected chi connectivity index (χ1v) is 13.5. The lowest BCUT2D eigenvalue weighted by Gasteiger charge is -2.19. The summed E-state index contributed by atoms with van der Waals surface area (Å²) in [5, 5.41) is 0. The molecule has 0 fully saturated rings. The quantitative estimate of drug-likeness (QED) is 0.247. The minimum absolute atomic E-state index is 0.0425. The Morgan fingerprint density at radius 1 is 1.05 bits per heavy atom. The van der Waals surface area contributed by atoms with Crippen molar-refractivity contribution in [3.05, 3.63) is 94.1 Å². The number of carbonyl (C=O) groups excluding carboxylic acids is 1. The first-order valence-electron chi connectivity index (χ1n) is 13.5. The smallest absolute Gasteiger partial charge is 0.306 e. The zero-order valence-electron chi connectivity index (χ0n) is 23.1. The Labute approximate surface area is 233 Å². The van der Waals surface area contributed by atoms with Crippen molar-refractivity contribution in [3.8, 4) is 34.0 Å². The maximum Gasteiger partial charge on any atom is 0.306 e. The number of aryl methyl sites for hydroxylation is 3. The SMILES string of the molecule is COC(=O)CC1COc2cc(OC3CCc4c(-c5c(C)cc(-c6ncc(C)cn6)cc5C)ccc(F)c43)ccc21. The van der Waals surface area contributed by atoms with E-state index in [4.69, 9.17) is 14.2 Å². The van der Waals surface area contributed by atoms with Gasteiger partial charge in [-0.15, -0.1) is 0 Å². The van der Waals surface area contributed by atoms with Crippen molar-refractivity contribution >= 4 is 5.97 Å². The van der Waals surface area contributed by atoms with Gasteiger partial charge in [0.25, 0.3) is 0 Å². The van der Waals surface area contributed by atoms with Crippen molar-refractivity contribution in [2.24, 2.45) is 0 Å². The Hall–Kier alpha value is -4.26. The molecule has 0 amide bonds. The van der Waals surface area contributed by atoms with E-state index in [0.717, 1.165) is 50.9 Å². The zero-order chi connectivity index (χ0) is 28.0. The number of aromatic nitrogens is 2. The molecule has 40 heavy (non-hydrogen) atoms. The summed E-state index contributed by atoms with van der Waals surface area (Å²) in [7, 11) is 1.39. The molecule has 0 bridgehead atoms. The summed E-state index contributed by atoms with van der Waals surface area (Å²) in [6, 6.07) is 13.3. The summed E-state index contributed by atoms with van der Waals surface area (Å²) in [5.41, 5.74) is 8.88. The molecule has 0 spiro atoms. The number of hydrogen-bond donors (Lipinski definition) is 0. The summed E-state index contributed by atoms with van der Waals surface area (Å²) >= 11 is 0. The third-order valence-electron chi connectivity index (χ3n) is 7.91. The molecule has 4 aromatic rings. The van der Waals surface area contributed by atoms with Crippen molar-refractivity contribution in [2.75, 3.05) is 13.7 Å². The minimum Gasteiger partial charge on any atom is -0.492 e. The lowest BCUT2D eigenvalue weighted by molar-refractivity contribution is -0.141. The first kappa shape index (κ1) is 26.0. The van der Waals surface area contributed by atoms with Crippen molar-refractivity contribution in [1.82, 2.24) is 9.97 Å². The number of nitrogens with zero attached hydrogens (tertiary/aromatic N) is 2. The second-order valence-corrected chi connectivity index (χ2v) is 10.7. The largest absolute Gasteiger partial charge is 0.492 e. The highest BCUT2D eigenvalue weighted by Crippen LogP contribution is 2.45. The van der Waals surface area contributed by atoms with Crippen LogP contribution in [0, 0.1) is 26.6 Å². The van der Waals surface area contributed by atoms with Gasteiger partial charge in [0.05, 0.1) is 20.1 Å². The number of ether oxygens (including phenoxy) is 3. The van der Waals surface area contributed by atoms with Gasteiger partial charge in [-0.3, -0.25) is 4.79 Å². The summed E-state index contributed by atoms with van der Waals surface area (Å²) in [6.45, 7) is 6.55. The predicted octanol–water partition coefficient (Wildman–Crippen LogP) is 6.98. The zero-order valence-corrected chi connectivity index (χ0v) is 23.1. The molecule has 0 saturated heterocycles. The molecule has 0 radical (unpaired) electrons. The third-order valence-corrected chi connectivity index (χ3v) is 7.91. The van der Waals surface area contributed by atoms with E-state index in [0.29, 0.717) is 35.9 Å². The van der Waals surface area contributed by atoms with Gasteiger partial charge >= 0.3 is 5.97 Å². The molecule has 2 atom stereocenters. The summed E-state index contributed by atoms with van der Waals surface area (Å²) in [4.78, 5) is 20.7. The van der Waals surface area contributed by atoms with Crippen LogP contribution in [0.3, 0.4) is 0 Å². The summed E-state index contributed by atoms with van der Waals surface area (Å²) in [5.74, 6) is 1.45. The number of esters is 1. The highest BCUT2D eigenvalue weighted by atomic mass is 19.1. The number of benzene rings is 3. The van der Waals surface area contributed by atoms with Crippen LogP contribution in [0.2, 0.25) is 0 Å². The molecule has 204 valence electrons. The highest BCUT2D eigenvalue weighted by Gasteiger charge is 2.32. The number of halogens is 1. The third kappa shape index (κ3) is 4.70. The molecule has 3 aromatic carbocycles. The van der Waals surface area contributed by atoms with Crippen LogP contribution in [-0.2, 0) is 16.0 Å². The molecule has 2 aliphatic rings. The van der Waals surface area contributed by atoms with Crippen molar-refractivity contribution in [2.45, 2.75) is 52.1 Å². The molecule has 2 heterocycles. The Kier molecular flexibility index (Phi) is 6.74. The average Bonchev–Trinajstić information content (AvgIpc) is 3.54. The van der Waals surface area contributed by atoms with Gasteiger partial charge in [0.1, 0.15) is 23.4 Å². The normalized spacial score (nSPS) is 17.2. The van der Waals surface area contributed by atoms with E-state index in [2.05, 4.69) is 35.9 Å². The number of methoxy groups -OCH3 is 1. The van der Waals surface area contributed by atoms with Gasteiger partial charge in [-0.2, -0.15) is 0 Å². The van der Waals surface area contributed by atoms with E-state index in [1.165, 1.54) is 7.11 Å². The second kappa shape index (κ2) is 10.4. The van der Waals surface area contributed by atoms with E-state index in [1.54, 1.807) is 6.07 Å². The van der Waals surface area contributed by atoms with Crippen LogP contribution in [0.5, 0.6) is 11.5 Å². The van der Waals surface area contributed by atoms with Gasteiger partial charge in [0.2, 0.25) is 0 Å². The van der Waals surface area contributed by atoms with Gasteiger partial charge < -0.3 is 14.2 Å². The molecular formula is C33H31FN2O4. The highest BCUT2D eigenvalue weighted by molar-refractivity contribution is 5.78. The standard InChI is InChI=1S/C33H31FN2O4/c1-18-15-35-33(36-16-18)21-11-19(2)31(20(3)12-21)25-7-9-27(34)32-26(25)8-10-28(32)40-23-5-6-24-22(13-30(37)38-4)17-39-29(24)14-23/h5-7,9,11-12,14-16,22,28H,8,10,13,17H2,1-4H3. The van der Waals surface area contributed by atoms with Crippen LogP contribution in [0.15, 0.2) is 54.9 Å². The maximum absolute atomic E-state index is 15.3. The molecule has 2 unspecified atom stereocenters. The lowest BCUT2D eigenvalue weighted by atomic mass is 9.89. The van der Waals surface area contributed by atoms with E-state index in [-0.39, 0.29) is 24.1 Å². The fraction of sp³-hybridized carbons (Fsp3) is 0.303. The molecule has 1 aromatic heterocycles. The number of rotatable bonds is 6. The van der Waals surface area contributed by atoms with Gasteiger partial charge in [0.15, 0.2) is 5.82 Å². The molecule has 1 aliphatic carbocycles. The molecule has 0 saturated carbocycles. The maximum atomic E-state index is 15.3. The number of hydrogen-bond acceptors (Lipinski definition) is 6. The molecule has 6 rings (SSSR count). The monoisotopic (exact) mass is 538 g/mol. The van der Waals surface area contributed by atoms with E-state index in [1.807, 2.05) is 43.6 Å². The van der Waals surface area contributed by atoms with Crippen molar-refractivity contribution in [1.29, 1.82) is 0 Å². The number of fused-ring (bicyclic) bond motifs is 2. The van der Waals surface area contributed by atoms with Crippen molar-refractivity contribution in [3.63, 3.8) is 0 Å². The van der Waals surface area contributed by atoms with Gasteiger partial charge in [0, 0.05) is 41.1 Å². The topological polar surface area (TPSA) is 70.5 Å². The number of carbonyl (C=O) groups is 1. The minimum atomic E-state index is -0.402. The molecule has 6 nitrogen and oxygen atoms in total. The van der Waals surface area contributed by atoms with Crippen LogP contribution in [0.25, 0.3) is 22.5 Å². The fourth-order valence-electron chi connectivity index (χ4n) is 6.03. The van der Waals surface area contributed by atoms with Crippen LogP contribution in [0.4, 0.5) is 4.39 Å². The van der Waals surface area contributed by atoms with Gasteiger partial charge in [-0.1, -0.05) is 12.1 Å². The molecule has 0 N–H and O–H groups in total. The van der Waals surface area contributed by atoms with Crippen LogP contribution in [0.1, 0.15) is 58.2 Å². The van der Waals surface area contributed by atoms with Crippen LogP contribution >= 0.6 is 0 Å². The van der Waals surface area contributed by atoms with Crippen LogP contribution in [-0.4, -0.2) is 29.7 Å². The van der Waals surface area contributed by atoms with Gasteiger partial charge in [-0.05, 0) is 91.3 Å². The van der Waals surface area contributed by atoms with Crippen molar-refractivity contribution < 1.29 is 23.4 Å². The Balaban J connectivity index is 1.29. The first-order chi connectivity index (χ1) is 19.3. The fourth-order valence-corrected chi connectivity index (χ4v) is 6.03. The Morgan fingerprint density at radius 3 is 2.52 bits per heavy atom. The Morgan fingerprint density at radius 2 is 1.80 bits per heavy atom. The molecule has 1 aliphatic heterocycles. The molecular weight excluding hydrogens is 507 g/mol. The van der Waals surface area contributed by atoms with Crippen LogP contribution < -0.4 is 9.47 Å². The van der Waals surface area contributed by atoms with Gasteiger partial charge in [-0.25, -0.2) is 14.4 Å². The van der Waals surface area contributed by atoms with E-state index in [9.17, 15) is 4.79 Å². The lowest BCUT2D eigenvalue weighted by Crippen LogP contribution is -2.09. The summed E-state index contributed by atoms with van der Waals surface area (Å²) in [6.07, 6.45) is 4.91. The predicted molar refractivity (Wildman–Crippen MR) is 150 cm³/mol. The van der Waals surface area contributed by atoms with E-state index < -0.39 is 6.10 Å².